The summed E-state index contributed by atoms with van der Waals surface area (Å²) < 4.78 is 16.5. The SMILES string of the molecule is CC1CCC=C(C(=O)Nc2cccc(-n3nc(Nc4ccc(N)c(C=N)c4F)c4ccccc43)n2)C=N1. The molecule has 0 radical (unpaired) electrons. The molecule has 1 aliphatic heterocycles. The van der Waals surface area contributed by atoms with Crippen molar-refractivity contribution in [2.24, 2.45) is 4.99 Å². The second-order valence-corrected chi connectivity index (χ2v) is 8.68. The number of benzene rings is 2. The number of pyridine rings is 1. The van der Waals surface area contributed by atoms with Crippen LogP contribution in [0.4, 0.5) is 27.4 Å². The van der Waals surface area contributed by atoms with Gasteiger partial charge in [-0.15, -0.1) is 5.10 Å². The molecule has 1 amide bonds. The minimum absolute atomic E-state index is 0.00198. The van der Waals surface area contributed by atoms with E-state index in [9.17, 15) is 9.18 Å². The lowest BCUT2D eigenvalue weighted by atomic mass is 10.1. The second-order valence-electron chi connectivity index (χ2n) is 8.68. The molecule has 0 aliphatic carbocycles. The minimum atomic E-state index is -0.637. The number of para-hydroxylation sites is 1. The lowest BCUT2D eigenvalue weighted by molar-refractivity contribution is -0.112. The van der Waals surface area contributed by atoms with Crippen molar-refractivity contribution in [2.75, 3.05) is 16.4 Å². The molecule has 10 heteroatoms. The van der Waals surface area contributed by atoms with Crippen LogP contribution in [0, 0.1) is 11.2 Å². The highest BCUT2D eigenvalue weighted by atomic mass is 19.1. The third-order valence-corrected chi connectivity index (χ3v) is 6.07. The summed E-state index contributed by atoms with van der Waals surface area (Å²) in [6.07, 6.45) is 6.05. The molecule has 1 atom stereocenters. The first-order valence-electron chi connectivity index (χ1n) is 11.8. The molecular weight excluding hydrogens is 471 g/mol. The van der Waals surface area contributed by atoms with E-state index in [4.69, 9.17) is 11.1 Å². The molecule has 37 heavy (non-hydrogen) atoms. The van der Waals surface area contributed by atoms with Crippen molar-refractivity contribution in [2.45, 2.75) is 25.8 Å². The second kappa shape index (κ2) is 10.0. The molecule has 1 unspecified atom stereocenters. The number of carbonyl (C=O) groups excluding carboxylic acids is 1. The number of nitrogens with one attached hydrogen (secondary N) is 3. The molecule has 4 aromatic rings. The van der Waals surface area contributed by atoms with Gasteiger partial charge in [0.05, 0.1) is 22.3 Å². The maximum Gasteiger partial charge on any atom is 0.258 e. The Hall–Kier alpha value is -4.86. The number of hydrogen-bond acceptors (Lipinski definition) is 7. The Labute approximate surface area is 212 Å². The first-order valence-corrected chi connectivity index (χ1v) is 11.8. The lowest BCUT2D eigenvalue weighted by Crippen LogP contribution is -2.16. The normalized spacial score (nSPS) is 15.2. The monoisotopic (exact) mass is 496 g/mol. The van der Waals surface area contributed by atoms with Crippen LogP contribution < -0.4 is 16.4 Å². The molecule has 3 heterocycles. The number of nitrogens with zero attached hydrogens (tertiary/aromatic N) is 4. The van der Waals surface area contributed by atoms with Gasteiger partial charge in [0.2, 0.25) is 0 Å². The highest BCUT2D eigenvalue weighted by Gasteiger charge is 2.17. The fourth-order valence-electron chi connectivity index (χ4n) is 4.08. The summed E-state index contributed by atoms with van der Waals surface area (Å²) >= 11 is 0. The summed E-state index contributed by atoms with van der Waals surface area (Å²) in [4.78, 5) is 21.8. The standard InChI is InChI=1S/C27H25FN8O/c1-16-6-4-7-17(15-31-16)27(37)34-23-10-5-11-24(33-23)36-22-9-3-2-8-18(22)26(35-36)32-21-13-12-20(30)19(14-29)25(21)28/h2-3,5,7-16,29H,4,6,30H2,1H3,(H,32,35)(H,33,34,37). The zero-order valence-electron chi connectivity index (χ0n) is 20.1. The van der Waals surface area contributed by atoms with Gasteiger partial charge in [0.1, 0.15) is 5.82 Å². The molecular formula is C27H25FN8O. The van der Waals surface area contributed by atoms with E-state index in [2.05, 4.69) is 25.7 Å². The van der Waals surface area contributed by atoms with Gasteiger partial charge in [-0.05, 0) is 56.2 Å². The maximum absolute atomic E-state index is 14.9. The number of aliphatic imine (C=N–C) groups is 1. The Morgan fingerprint density at radius 1 is 1.19 bits per heavy atom. The van der Waals surface area contributed by atoms with Crippen molar-refractivity contribution in [1.82, 2.24) is 14.8 Å². The molecule has 186 valence electrons. The van der Waals surface area contributed by atoms with E-state index in [-0.39, 0.29) is 28.9 Å². The highest BCUT2D eigenvalue weighted by molar-refractivity contribution is 6.17. The van der Waals surface area contributed by atoms with Crippen molar-refractivity contribution >= 4 is 52.2 Å². The summed E-state index contributed by atoms with van der Waals surface area (Å²) in [6.45, 7) is 2.02. The highest BCUT2D eigenvalue weighted by Crippen LogP contribution is 2.30. The van der Waals surface area contributed by atoms with Gasteiger partial charge >= 0.3 is 0 Å². The van der Waals surface area contributed by atoms with Crippen LogP contribution in [-0.2, 0) is 4.79 Å². The Morgan fingerprint density at radius 3 is 2.86 bits per heavy atom. The van der Waals surface area contributed by atoms with Gasteiger partial charge in [0, 0.05) is 29.5 Å². The zero-order valence-corrected chi connectivity index (χ0v) is 20.1. The van der Waals surface area contributed by atoms with E-state index < -0.39 is 5.82 Å². The van der Waals surface area contributed by atoms with Crippen LogP contribution in [0.2, 0.25) is 0 Å². The van der Waals surface area contributed by atoms with Crippen LogP contribution in [0.25, 0.3) is 16.7 Å². The molecule has 5 N–H and O–H groups in total. The number of amides is 1. The number of hydrogen-bond donors (Lipinski definition) is 4. The fraction of sp³-hybridized carbons (Fsp3) is 0.148. The summed E-state index contributed by atoms with van der Waals surface area (Å²) in [5, 5.41) is 18.7. The number of anilines is 4. The molecule has 1 aliphatic rings. The first-order chi connectivity index (χ1) is 17.9. The molecule has 0 fully saturated rings. The number of fused-ring (bicyclic) bond motifs is 1. The van der Waals surface area contributed by atoms with E-state index >= 15 is 0 Å². The molecule has 2 aromatic heterocycles. The summed E-state index contributed by atoms with van der Waals surface area (Å²) in [5.41, 5.74) is 7.35. The third kappa shape index (κ3) is 4.81. The van der Waals surface area contributed by atoms with Crippen LogP contribution >= 0.6 is 0 Å². The van der Waals surface area contributed by atoms with Gasteiger partial charge in [-0.2, -0.15) is 0 Å². The predicted octanol–water partition coefficient (Wildman–Crippen LogP) is 5.00. The Kier molecular flexibility index (Phi) is 6.46. The first kappa shape index (κ1) is 23.9. The molecule has 0 spiro atoms. The van der Waals surface area contributed by atoms with Crippen LogP contribution in [0.5, 0.6) is 0 Å². The summed E-state index contributed by atoms with van der Waals surface area (Å²) in [5.74, 6) is 0.319. The lowest BCUT2D eigenvalue weighted by Gasteiger charge is -2.09. The number of nitrogen functional groups attached to an aromatic ring is 1. The van der Waals surface area contributed by atoms with Gasteiger partial charge in [-0.25, -0.2) is 14.1 Å². The number of halogens is 1. The largest absolute Gasteiger partial charge is 0.398 e. The molecule has 0 bridgehead atoms. The fourth-order valence-corrected chi connectivity index (χ4v) is 4.08. The van der Waals surface area contributed by atoms with Crippen molar-refractivity contribution in [3.63, 3.8) is 0 Å². The minimum Gasteiger partial charge on any atom is -0.398 e. The Bertz CT molecular complexity index is 1570. The molecule has 0 saturated carbocycles. The predicted molar refractivity (Wildman–Crippen MR) is 145 cm³/mol. The van der Waals surface area contributed by atoms with Crippen molar-refractivity contribution in [1.29, 1.82) is 5.41 Å². The number of carbonyl (C=O) groups is 1. The van der Waals surface area contributed by atoms with Gasteiger partial charge in [-0.1, -0.05) is 24.3 Å². The summed E-state index contributed by atoms with van der Waals surface area (Å²) in [7, 11) is 0. The van der Waals surface area contributed by atoms with Gasteiger partial charge in [0.15, 0.2) is 17.5 Å². The quantitative estimate of drug-likeness (QED) is 0.220. The Balaban J connectivity index is 1.47. The molecule has 0 saturated heterocycles. The van der Waals surface area contributed by atoms with Crippen LogP contribution in [0.3, 0.4) is 0 Å². The molecule has 2 aromatic carbocycles. The average molecular weight is 497 g/mol. The maximum atomic E-state index is 14.9. The van der Waals surface area contributed by atoms with Gasteiger partial charge in [-0.3, -0.25) is 9.79 Å². The molecule has 9 nitrogen and oxygen atoms in total. The van der Waals surface area contributed by atoms with Crippen molar-refractivity contribution in [3.05, 3.63) is 77.6 Å². The van der Waals surface area contributed by atoms with Gasteiger partial charge in [0.25, 0.3) is 5.91 Å². The number of allylic oxidation sites excluding steroid dienone is 1. The van der Waals surface area contributed by atoms with Crippen LogP contribution in [-0.4, -0.2) is 39.1 Å². The Morgan fingerprint density at radius 2 is 2.03 bits per heavy atom. The smallest absolute Gasteiger partial charge is 0.258 e. The van der Waals surface area contributed by atoms with E-state index in [1.807, 2.05) is 37.3 Å². The van der Waals surface area contributed by atoms with E-state index in [0.717, 1.165) is 30.0 Å². The van der Waals surface area contributed by atoms with Crippen LogP contribution in [0.1, 0.15) is 25.3 Å². The third-order valence-electron chi connectivity index (χ3n) is 6.07. The number of nitrogens with two attached hydrogens (primary N) is 1. The van der Waals surface area contributed by atoms with Crippen molar-refractivity contribution in [3.8, 4) is 5.82 Å². The topological polar surface area (TPSA) is 134 Å². The van der Waals surface area contributed by atoms with Crippen molar-refractivity contribution < 1.29 is 9.18 Å². The van der Waals surface area contributed by atoms with Gasteiger partial charge < -0.3 is 21.8 Å². The van der Waals surface area contributed by atoms with Crippen LogP contribution in [0.15, 0.2) is 71.2 Å². The van der Waals surface area contributed by atoms with E-state index in [1.165, 1.54) is 12.1 Å². The number of aromatic nitrogens is 3. The van der Waals surface area contributed by atoms with E-state index in [0.29, 0.717) is 23.0 Å². The average Bonchev–Trinajstić information content (AvgIpc) is 3.11. The summed E-state index contributed by atoms with van der Waals surface area (Å²) in [6, 6.07) is 15.9. The number of rotatable bonds is 6. The van der Waals surface area contributed by atoms with E-state index in [1.54, 1.807) is 29.1 Å². The molecule has 5 rings (SSSR count). The zero-order chi connectivity index (χ0) is 25.9.